The molecule has 3 amide bonds. The Morgan fingerprint density at radius 2 is 1.61 bits per heavy atom. The number of rotatable bonds is 11. The molecule has 38 heavy (non-hydrogen) atoms. The molecule has 1 unspecified atom stereocenters. The highest BCUT2D eigenvalue weighted by Gasteiger charge is 2.26. The van der Waals surface area contributed by atoms with Crippen LogP contribution in [0, 0.1) is 0 Å². The van der Waals surface area contributed by atoms with E-state index in [2.05, 4.69) is 15.5 Å². The lowest BCUT2D eigenvalue weighted by Gasteiger charge is -2.33. The van der Waals surface area contributed by atoms with E-state index in [4.69, 9.17) is 4.18 Å². The summed E-state index contributed by atoms with van der Waals surface area (Å²) in [6.45, 7) is 16.8. The molecular weight excluding hydrogens is 504 g/mol. The third kappa shape index (κ3) is 8.65. The summed E-state index contributed by atoms with van der Waals surface area (Å²) in [6.07, 6.45) is 0.726. The van der Waals surface area contributed by atoms with Crippen molar-refractivity contribution in [3.05, 3.63) is 48.0 Å². The number of benzene rings is 2. The molecule has 1 atom stereocenters. The maximum absolute atomic E-state index is 13.3. The Labute approximate surface area is 227 Å². The molecule has 0 radical (unpaired) electrons. The summed E-state index contributed by atoms with van der Waals surface area (Å²) in [4.78, 5) is 28.2. The molecule has 0 aliphatic rings. The number of hydrogen-bond acceptors (Lipinski definition) is 6. The zero-order chi connectivity index (χ0) is 28.7. The van der Waals surface area contributed by atoms with Crippen LogP contribution in [0.5, 0.6) is 5.75 Å². The van der Waals surface area contributed by atoms with Gasteiger partial charge in [0.15, 0.2) is 0 Å². The van der Waals surface area contributed by atoms with Crippen molar-refractivity contribution in [3.8, 4) is 5.75 Å². The third-order valence-corrected chi connectivity index (χ3v) is 7.30. The zero-order valence-corrected chi connectivity index (χ0v) is 24.6. The molecule has 0 aromatic heterocycles. The highest BCUT2D eigenvalue weighted by molar-refractivity contribution is 7.87. The van der Waals surface area contributed by atoms with Crippen molar-refractivity contribution in [1.82, 2.24) is 10.2 Å². The summed E-state index contributed by atoms with van der Waals surface area (Å²) in [7, 11) is -4.20. The van der Waals surface area contributed by atoms with Crippen LogP contribution in [0.3, 0.4) is 0 Å². The average Bonchev–Trinajstić information content (AvgIpc) is 2.82. The predicted octanol–water partition coefficient (Wildman–Crippen LogP) is 5.37. The second-order valence-electron chi connectivity index (χ2n) is 10.3. The van der Waals surface area contributed by atoms with Gasteiger partial charge in [0.25, 0.3) is 0 Å². The minimum absolute atomic E-state index is 0.0462. The molecule has 0 aliphatic carbocycles. The SMILES string of the molecule is CCC(C)N(Cc1ccc(N(CC)CC)cc1OS(=O)(=O)c1ccc(NC(C)=O)cc1)C(=O)NC(C)(C)C. The minimum atomic E-state index is -4.20. The monoisotopic (exact) mass is 546 g/mol. The van der Waals surface area contributed by atoms with Gasteiger partial charge in [0, 0.05) is 54.6 Å². The van der Waals surface area contributed by atoms with Crippen LogP contribution in [-0.4, -0.2) is 49.9 Å². The number of nitrogens with zero attached hydrogens (tertiary/aromatic N) is 2. The van der Waals surface area contributed by atoms with Gasteiger partial charge in [-0.1, -0.05) is 13.0 Å². The molecule has 210 valence electrons. The van der Waals surface area contributed by atoms with E-state index in [1.165, 1.54) is 31.2 Å². The number of urea groups is 1. The molecule has 9 nitrogen and oxygen atoms in total. The van der Waals surface area contributed by atoms with E-state index in [-0.39, 0.29) is 35.2 Å². The van der Waals surface area contributed by atoms with Gasteiger partial charge in [-0.3, -0.25) is 4.79 Å². The molecule has 2 N–H and O–H groups in total. The van der Waals surface area contributed by atoms with E-state index in [1.54, 1.807) is 11.0 Å². The van der Waals surface area contributed by atoms with E-state index < -0.39 is 15.7 Å². The molecule has 0 aliphatic heterocycles. The lowest BCUT2D eigenvalue weighted by Crippen LogP contribution is -2.50. The Balaban J connectivity index is 2.51. The van der Waals surface area contributed by atoms with Crippen molar-refractivity contribution in [1.29, 1.82) is 0 Å². The number of carbonyl (C=O) groups is 2. The van der Waals surface area contributed by atoms with Crippen LogP contribution in [-0.2, 0) is 21.5 Å². The fourth-order valence-electron chi connectivity index (χ4n) is 3.84. The molecule has 0 bridgehead atoms. The van der Waals surface area contributed by atoms with Crippen molar-refractivity contribution < 1.29 is 22.2 Å². The maximum atomic E-state index is 13.3. The Morgan fingerprint density at radius 1 is 1.00 bits per heavy atom. The minimum Gasteiger partial charge on any atom is -0.379 e. The Bertz CT molecular complexity index is 1200. The van der Waals surface area contributed by atoms with E-state index in [0.717, 1.165) is 25.2 Å². The van der Waals surface area contributed by atoms with Gasteiger partial charge >= 0.3 is 16.1 Å². The van der Waals surface area contributed by atoms with Gasteiger partial charge in [-0.2, -0.15) is 8.42 Å². The highest BCUT2D eigenvalue weighted by Crippen LogP contribution is 2.31. The smallest absolute Gasteiger partial charge is 0.339 e. The summed E-state index contributed by atoms with van der Waals surface area (Å²) in [5.74, 6) is -0.0896. The molecule has 0 heterocycles. The van der Waals surface area contributed by atoms with Gasteiger partial charge < -0.3 is 24.6 Å². The Morgan fingerprint density at radius 3 is 2.11 bits per heavy atom. The third-order valence-electron chi connectivity index (χ3n) is 6.05. The molecule has 2 aromatic rings. The first-order valence-electron chi connectivity index (χ1n) is 13.0. The van der Waals surface area contributed by atoms with Crippen molar-refractivity contribution >= 4 is 33.4 Å². The van der Waals surface area contributed by atoms with E-state index in [9.17, 15) is 18.0 Å². The molecule has 0 saturated heterocycles. The number of carbonyl (C=O) groups excluding carboxylic acids is 2. The molecule has 0 saturated carbocycles. The number of hydrogen-bond donors (Lipinski definition) is 2. The summed E-state index contributed by atoms with van der Waals surface area (Å²) in [6, 6.07) is 10.9. The van der Waals surface area contributed by atoms with Gasteiger partial charge in [0.05, 0.1) is 6.54 Å². The second kappa shape index (κ2) is 13.0. The Kier molecular flexibility index (Phi) is 10.6. The summed E-state index contributed by atoms with van der Waals surface area (Å²) in [5, 5.41) is 5.62. The fraction of sp³-hybridized carbons (Fsp3) is 0.500. The van der Waals surface area contributed by atoms with Gasteiger partial charge in [-0.15, -0.1) is 0 Å². The van der Waals surface area contributed by atoms with Crippen LogP contribution in [0.15, 0.2) is 47.4 Å². The van der Waals surface area contributed by atoms with E-state index in [1.807, 2.05) is 60.6 Å². The standard InChI is InChI=1S/C28H42N4O5S/c1-9-20(4)32(27(34)30-28(6,7)8)19-22-12-15-24(31(10-2)11-3)18-26(22)37-38(35,36)25-16-13-23(14-17-25)29-21(5)33/h12-18,20H,9-11,19H2,1-8H3,(H,29,33)(H,30,34). The lowest BCUT2D eigenvalue weighted by molar-refractivity contribution is -0.114. The Hall–Kier alpha value is -3.27. The first-order chi connectivity index (χ1) is 17.7. The molecule has 10 heteroatoms. The normalized spacial score (nSPS) is 12.4. The lowest BCUT2D eigenvalue weighted by atomic mass is 10.1. The second-order valence-corrected chi connectivity index (χ2v) is 11.8. The number of anilines is 2. The van der Waals surface area contributed by atoms with Crippen LogP contribution in [0.4, 0.5) is 16.2 Å². The predicted molar refractivity (Wildman–Crippen MR) is 152 cm³/mol. The summed E-state index contributed by atoms with van der Waals surface area (Å²) >= 11 is 0. The maximum Gasteiger partial charge on any atom is 0.339 e. The van der Waals surface area contributed by atoms with Gasteiger partial charge in [0.2, 0.25) is 5.91 Å². The first kappa shape index (κ1) is 31.0. The molecular formula is C28H42N4O5S. The van der Waals surface area contributed by atoms with E-state index >= 15 is 0 Å². The summed E-state index contributed by atoms with van der Waals surface area (Å²) < 4.78 is 32.3. The van der Waals surface area contributed by atoms with Gasteiger partial charge in [-0.05, 0) is 78.3 Å². The van der Waals surface area contributed by atoms with Crippen molar-refractivity contribution in [3.63, 3.8) is 0 Å². The molecule has 0 spiro atoms. The molecule has 2 aromatic carbocycles. The molecule has 2 rings (SSSR count). The quantitative estimate of drug-likeness (QED) is 0.367. The topological polar surface area (TPSA) is 108 Å². The molecule has 0 fully saturated rings. The fourth-order valence-corrected chi connectivity index (χ4v) is 4.79. The average molecular weight is 547 g/mol. The van der Waals surface area contributed by atoms with Crippen molar-refractivity contribution in [2.75, 3.05) is 23.3 Å². The van der Waals surface area contributed by atoms with Crippen LogP contribution in [0.25, 0.3) is 0 Å². The zero-order valence-electron chi connectivity index (χ0n) is 23.8. The van der Waals surface area contributed by atoms with E-state index in [0.29, 0.717) is 11.3 Å². The summed E-state index contributed by atoms with van der Waals surface area (Å²) in [5.41, 5.74) is 1.44. The van der Waals surface area contributed by atoms with Crippen molar-refractivity contribution in [2.24, 2.45) is 0 Å². The largest absolute Gasteiger partial charge is 0.379 e. The number of nitrogens with one attached hydrogen (secondary N) is 2. The van der Waals surface area contributed by atoms with Crippen LogP contribution >= 0.6 is 0 Å². The van der Waals surface area contributed by atoms with Gasteiger partial charge in [-0.25, -0.2) is 4.79 Å². The van der Waals surface area contributed by atoms with Crippen molar-refractivity contribution in [2.45, 2.75) is 84.8 Å². The highest BCUT2D eigenvalue weighted by atomic mass is 32.2. The van der Waals surface area contributed by atoms with Crippen LogP contribution < -0.4 is 19.7 Å². The van der Waals surface area contributed by atoms with Crippen LogP contribution in [0.1, 0.15) is 67.4 Å². The number of amides is 3. The van der Waals surface area contributed by atoms with Crippen LogP contribution in [0.2, 0.25) is 0 Å². The first-order valence-corrected chi connectivity index (χ1v) is 14.4. The van der Waals surface area contributed by atoms with Gasteiger partial charge in [0.1, 0.15) is 10.6 Å².